The van der Waals surface area contributed by atoms with E-state index in [1.165, 1.54) is 12.1 Å². The van der Waals surface area contributed by atoms with Gasteiger partial charge < -0.3 is 0 Å². The predicted molar refractivity (Wildman–Crippen MR) is 57.6 cm³/mol. The second kappa shape index (κ2) is 5.44. The first-order valence-electron chi connectivity index (χ1n) is 4.67. The van der Waals surface area contributed by atoms with Crippen LogP contribution in [0.3, 0.4) is 0 Å². The van der Waals surface area contributed by atoms with E-state index in [-0.39, 0.29) is 0 Å². The fourth-order valence-corrected chi connectivity index (χ4v) is 1.99. The van der Waals surface area contributed by atoms with Crippen LogP contribution in [0, 0.1) is 17.6 Å². The highest BCUT2D eigenvalue weighted by Crippen LogP contribution is 2.17. The summed E-state index contributed by atoms with van der Waals surface area (Å²) in [5.41, 5.74) is 0.595. The average molecular weight is 263 g/mol. The monoisotopic (exact) mass is 262 g/mol. The molecule has 0 amide bonds. The van der Waals surface area contributed by atoms with Gasteiger partial charge in [0.1, 0.15) is 11.6 Å². The lowest BCUT2D eigenvalue weighted by Gasteiger charge is -2.11. The van der Waals surface area contributed by atoms with Crippen LogP contribution < -0.4 is 0 Å². The summed E-state index contributed by atoms with van der Waals surface area (Å²) in [5, 5.41) is 0.848. The van der Waals surface area contributed by atoms with Crippen LogP contribution >= 0.6 is 15.9 Å². The minimum atomic E-state index is -0.516. The third kappa shape index (κ3) is 3.05. The number of hydrogen-bond acceptors (Lipinski definition) is 0. The molecule has 0 heterocycles. The van der Waals surface area contributed by atoms with E-state index < -0.39 is 11.6 Å². The van der Waals surface area contributed by atoms with Crippen molar-refractivity contribution < 1.29 is 8.78 Å². The summed E-state index contributed by atoms with van der Waals surface area (Å²) < 4.78 is 25.8. The van der Waals surface area contributed by atoms with Crippen molar-refractivity contribution in [1.82, 2.24) is 0 Å². The van der Waals surface area contributed by atoms with Gasteiger partial charge in [-0.3, -0.25) is 0 Å². The third-order valence-electron chi connectivity index (χ3n) is 2.32. The van der Waals surface area contributed by atoms with Gasteiger partial charge in [-0.25, -0.2) is 8.78 Å². The van der Waals surface area contributed by atoms with Crippen LogP contribution in [0.15, 0.2) is 18.2 Å². The Morgan fingerprint density at radius 1 is 1.36 bits per heavy atom. The summed E-state index contributed by atoms with van der Waals surface area (Å²) in [5.74, 6) is -0.544. The standard InChI is InChI=1S/C11H13BrF2/c1-2-8(7-12)5-9-3-4-10(13)6-11(9)14/h3-4,6,8H,2,5,7H2,1H3. The number of benzene rings is 1. The molecule has 3 heteroatoms. The molecule has 0 N–H and O–H groups in total. The number of hydrogen-bond donors (Lipinski definition) is 0. The molecule has 0 radical (unpaired) electrons. The van der Waals surface area contributed by atoms with Crippen molar-refractivity contribution >= 4 is 15.9 Å². The van der Waals surface area contributed by atoms with Crippen LogP contribution in [0.25, 0.3) is 0 Å². The number of rotatable bonds is 4. The molecule has 0 aliphatic rings. The molecule has 1 aromatic carbocycles. The zero-order valence-corrected chi connectivity index (χ0v) is 9.65. The van der Waals surface area contributed by atoms with Gasteiger partial charge in [0.25, 0.3) is 0 Å². The summed E-state index contributed by atoms with van der Waals surface area (Å²) in [6, 6.07) is 3.77. The fourth-order valence-electron chi connectivity index (χ4n) is 1.31. The SMILES string of the molecule is CCC(CBr)Cc1ccc(F)cc1F. The molecule has 0 saturated heterocycles. The van der Waals surface area contributed by atoms with Gasteiger partial charge in [-0.05, 0) is 24.0 Å². The van der Waals surface area contributed by atoms with Crippen LogP contribution in [0.2, 0.25) is 0 Å². The van der Waals surface area contributed by atoms with Crippen molar-refractivity contribution in [1.29, 1.82) is 0 Å². The lowest BCUT2D eigenvalue weighted by atomic mass is 9.98. The Labute approximate surface area is 91.5 Å². The highest BCUT2D eigenvalue weighted by Gasteiger charge is 2.09. The van der Waals surface area contributed by atoms with Crippen molar-refractivity contribution in [3.8, 4) is 0 Å². The minimum absolute atomic E-state index is 0.412. The Hall–Kier alpha value is -0.440. The molecular formula is C11H13BrF2. The molecule has 0 aromatic heterocycles. The Kier molecular flexibility index (Phi) is 4.52. The first-order chi connectivity index (χ1) is 6.67. The van der Waals surface area contributed by atoms with Crippen molar-refractivity contribution in [2.24, 2.45) is 5.92 Å². The van der Waals surface area contributed by atoms with Gasteiger partial charge in [-0.15, -0.1) is 0 Å². The highest BCUT2D eigenvalue weighted by molar-refractivity contribution is 9.09. The Morgan fingerprint density at radius 3 is 2.57 bits per heavy atom. The Balaban J connectivity index is 2.76. The minimum Gasteiger partial charge on any atom is -0.207 e. The second-order valence-electron chi connectivity index (χ2n) is 3.37. The first kappa shape index (κ1) is 11.6. The Morgan fingerprint density at radius 2 is 2.07 bits per heavy atom. The van der Waals surface area contributed by atoms with E-state index in [0.29, 0.717) is 17.9 Å². The van der Waals surface area contributed by atoms with Crippen LogP contribution in [0.4, 0.5) is 8.78 Å². The lowest BCUT2D eigenvalue weighted by molar-refractivity contribution is 0.530. The van der Waals surface area contributed by atoms with Crippen LogP contribution in [0.1, 0.15) is 18.9 Å². The van der Waals surface area contributed by atoms with E-state index in [2.05, 4.69) is 22.9 Å². The van der Waals surface area contributed by atoms with Gasteiger partial charge in [0.05, 0.1) is 0 Å². The molecule has 1 atom stereocenters. The second-order valence-corrected chi connectivity index (χ2v) is 4.02. The molecule has 0 bridgehead atoms. The highest BCUT2D eigenvalue weighted by atomic mass is 79.9. The molecule has 1 unspecified atom stereocenters. The van der Waals surface area contributed by atoms with Crippen LogP contribution in [0.5, 0.6) is 0 Å². The van der Waals surface area contributed by atoms with E-state index in [9.17, 15) is 8.78 Å². The molecule has 1 aromatic rings. The summed E-state index contributed by atoms with van der Waals surface area (Å²) >= 11 is 3.38. The number of halogens is 3. The average Bonchev–Trinajstić information content (AvgIpc) is 2.17. The molecule has 0 nitrogen and oxygen atoms in total. The van der Waals surface area contributed by atoms with Crippen LogP contribution in [-0.4, -0.2) is 5.33 Å². The molecule has 14 heavy (non-hydrogen) atoms. The van der Waals surface area contributed by atoms with Gasteiger partial charge >= 0.3 is 0 Å². The molecule has 0 aliphatic heterocycles. The van der Waals surface area contributed by atoms with Crippen molar-refractivity contribution in [2.75, 3.05) is 5.33 Å². The molecule has 0 spiro atoms. The maximum absolute atomic E-state index is 13.2. The van der Waals surface area contributed by atoms with Gasteiger partial charge in [-0.2, -0.15) is 0 Å². The summed E-state index contributed by atoms with van der Waals surface area (Å²) in [6.45, 7) is 2.06. The third-order valence-corrected chi connectivity index (χ3v) is 3.23. The van der Waals surface area contributed by atoms with Gasteiger partial charge in [0.15, 0.2) is 0 Å². The molecule has 0 saturated carbocycles. The molecule has 1 rings (SSSR count). The van der Waals surface area contributed by atoms with Gasteiger partial charge in [-0.1, -0.05) is 35.3 Å². The predicted octanol–water partition coefficient (Wildman–Crippen LogP) is 3.93. The normalized spacial score (nSPS) is 12.9. The van der Waals surface area contributed by atoms with E-state index in [1.807, 2.05) is 0 Å². The lowest BCUT2D eigenvalue weighted by Crippen LogP contribution is -2.06. The fraction of sp³-hybridized carbons (Fsp3) is 0.455. The van der Waals surface area contributed by atoms with E-state index in [4.69, 9.17) is 0 Å². The van der Waals surface area contributed by atoms with Gasteiger partial charge in [0, 0.05) is 11.4 Å². The first-order valence-corrected chi connectivity index (χ1v) is 5.79. The maximum atomic E-state index is 13.2. The molecule has 0 fully saturated rings. The summed E-state index contributed by atoms with van der Waals surface area (Å²) in [6.07, 6.45) is 1.65. The van der Waals surface area contributed by atoms with Crippen molar-refractivity contribution in [3.05, 3.63) is 35.4 Å². The van der Waals surface area contributed by atoms with Gasteiger partial charge in [0.2, 0.25) is 0 Å². The van der Waals surface area contributed by atoms with E-state index in [0.717, 1.165) is 17.8 Å². The van der Waals surface area contributed by atoms with Crippen molar-refractivity contribution in [3.63, 3.8) is 0 Å². The zero-order valence-electron chi connectivity index (χ0n) is 8.06. The quantitative estimate of drug-likeness (QED) is 0.722. The maximum Gasteiger partial charge on any atom is 0.129 e. The topological polar surface area (TPSA) is 0 Å². The molecule has 78 valence electrons. The zero-order chi connectivity index (χ0) is 10.6. The molecular weight excluding hydrogens is 250 g/mol. The van der Waals surface area contributed by atoms with E-state index >= 15 is 0 Å². The number of alkyl halides is 1. The summed E-state index contributed by atoms with van der Waals surface area (Å²) in [4.78, 5) is 0. The van der Waals surface area contributed by atoms with Crippen LogP contribution in [-0.2, 0) is 6.42 Å². The largest absolute Gasteiger partial charge is 0.207 e. The van der Waals surface area contributed by atoms with E-state index in [1.54, 1.807) is 0 Å². The Bertz CT molecular complexity index is 295. The van der Waals surface area contributed by atoms with Crippen molar-refractivity contribution in [2.45, 2.75) is 19.8 Å². The molecule has 0 aliphatic carbocycles. The smallest absolute Gasteiger partial charge is 0.129 e. The summed E-state index contributed by atoms with van der Waals surface area (Å²) in [7, 11) is 0.